The fourth-order valence-electron chi connectivity index (χ4n) is 2.35. The molecule has 0 saturated heterocycles. The molecule has 7 nitrogen and oxygen atoms in total. The highest BCUT2D eigenvalue weighted by molar-refractivity contribution is 6.32. The summed E-state index contributed by atoms with van der Waals surface area (Å²) >= 11 is 5.80. The molecule has 136 valence electrons. The third kappa shape index (κ3) is 4.04. The molecular weight excluding hydrogens is 372 g/mol. The molecule has 0 amide bonds. The summed E-state index contributed by atoms with van der Waals surface area (Å²) in [6.07, 6.45) is 3.13. The molecule has 0 fully saturated rings. The zero-order chi connectivity index (χ0) is 19.4. The number of ether oxygens (including phenoxy) is 2. The predicted molar refractivity (Wildman–Crippen MR) is 101 cm³/mol. The van der Waals surface area contributed by atoms with Gasteiger partial charge >= 0.3 is 5.97 Å². The van der Waals surface area contributed by atoms with Gasteiger partial charge in [-0.2, -0.15) is 0 Å². The van der Waals surface area contributed by atoms with E-state index in [0.29, 0.717) is 17.9 Å². The van der Waals surface area contributed by atoms with Gasteiger partial charge in [-0.15, -0.1) is 0 Å². The van der Waals surface area contributed by atoms with E-state index in [9.17, 15) is 14.9 Å². The van der Waals surface area contributed by atoms with Crippen molar-refractivity contribution in [2.45, 2.75) is 0 Å². The van der Waals surface area contributed by atoms with E-state index in [1.54, 1.807) is 30.3 Å². The predicted octanol–water partition coefficient (Wildman–Crippen LogP) is 4.16. The second kappa shape index (κ2) is 7.84. The Kier molecular flexibility index (Phi) is 5.33. The Morgan fingerprint density at radius 1 is 1.30 bits per heavy atom. The van der Waals surface area contributed by atoms with Crippen LogP contribution in [0.25, 0.3) is 6.08 Å². The van der Waals surface area contributed by atoms with Crippen LogP contribution in [-0.2, 0) is 9.53 Å². The lowest BCUT2D eigenvalue weighted by Crippen LogP contribution is -2.06. The number of nitrogens with zero attached hydrogens (tertiary/aromatic N) is 2. The zero-order valence-corrected chi connectivity index (χ0v) is 14.7. The Balaban J connectivity index is 1.96. The van der Waals surface area contributed by atoms with Crippen LogP contribution in [0.5, 0.6) is 5.75 Å². The number of halogens is 1. The third-order valence-corrected chi connectivity index (χ3v) is 3.90. The van der Waals surface area contributed by atoms with Crippen molar-refractivity contribution in [3.05, 3.63) is 87.1 Å². The minimum Gasteiger partial charge on any atom is -0.489 e. The normalized spacial score (nSPS) is 14.6. The maximum absolute atomic E-state index is 12.2. The summed E-state index contributed by atoms with van der Waals surface area (Å²) < 4.78 is 10.7. The van der Waals surface area contributed by atoms with Crippen molar-refractivity contribution in [3.8, 4) is 5.75 Å². The van der Waals surface area contributed by atoms with Gasteiger partial charge in [0.2, 0.25) is 5.90 Å². The van der Waals surface area contributed by atoms with Gasteiger partial charge < -0.3 is 9.47 Å². The Hall–Kier alpha value is -3.45. The lowest BCUT2D eigenvalue weighted by molar-refractivity contribution is -0.384. The second-order valence-electron chi connectivity index (χ2n) is 5.40. The Labute approximate surface area is 159 Å². The number of carbonyl (C=O) groups excluding carboxylic acids is 1. The van der Waals surface area contributed by atoms with Crippen LogP contribution in [0, 0.1) is 10.1 Å². The molecule has 0 atom stereocenters. The molecule has 2 aromatic carbocycles. The summed E-state index contributed by atoms with van der Waals surface area (Å²) in [5.74, 6) is -0.139. The molecule has 3 rings (SSSR count). The molecule has 0 unspecified atom stereocenters. The van der Waals surface area contributed by atoms with Crippen LogP contribution in [-0.4, -0.2) is 23.4 Å². The number of para-hydroxylation sites is 1. The van der Waals surface area contributed by atoms with E-state index in [-0.39, 0.29) is 27.9 Å². The molecule has 1 heterocycles. The van der Waals surface area contributed by atoms with Crippen LogP contribution in [0.1, 0.15) is 11.1 Å². The first-order chi connectivity index (χ1) is 13.0. The fourth-order valence-corrected chi connectivity index (χ4v) is 2.53. The molecule has 0 aromatic heterocycles. The summed E-state index contributed by atoms with van der Waals surface area (Å²) in [4.78, 5) is 26.7. The lowest BCUT2D eigenvalue weighted by atomic mass is 10.1. The van der Waals surface area contributed by atoms with Crippen molar-refractivity contribution in [2.75, 3.05) is 6.61 Å². The van der Waals surface area contributed by atoms with Crippen molar-refractivity contribution in [1.82, 2.24) is 0 Å². The van der Waals surface area contributed by atoms with E-state index in [1.807, 2.05) is 0 Å². The molecule has 0 saturated carbocycles. The van der Waals surface area contributed by atoms with Gasteiger partial charge in [-0.1, -0.05) is 42.5 Å². The monoisotopic (exact) mass is 384 g/mol. The van der Waals surface area contributed by atoms with Crippen LogP contribution in [0.3, 0.4) is 0 Å². The minimum atomic E-state index is -0.666. The number of aliphatic imine (C=N–C) groups is 1. The first kappa shape index (κ1) is 18.3. The first-order valence-electron chi connectivity index (χ1n) is 7.79. The molecule has 8 heteroatoms. The molecule has 0 N–H and O–H groups in total. The van der Waals surface area contributed by atoms with Crippen LogP contribution in [0.4, 0.5) is 5.69 Å². The third-order valence-electron chi connectivity index (χ3n) is 3.58. The van der Waals surface area contributed by atoms with Crippen molar-refractivity contribution < 1.29 is 19.2 Å². The van der Waals surface area contributed by atoms with Gasteiger partial charge in [-0.25, -0.2) is 9.79 Å². The zero-order valence-electron chi connectivity index (χ0n) is 13.9. The van der Waals surface area contributed by atoms with Gasteiger partial charge in [-0.3, -0.25) is 10.1 Å². The summed E-state index contributed by atoms with van der Waals surface area (Å²) in [6.45, 7) is 3.91. The molecule has 0 spiro atoms. The van der Waals surface area contributed by atoms with E-state index in [1.165, 1.54) is 24.3 Å². The van der Waals surface area contributed by atoms with Crippen molar-refractivity contribution in [1.29, 1.82) is 0 Å². The Bertz CT molecular complexity index is 997. The highest BCUT2D eigenvalue weighted by atomic mass is 35.5. The molecule has 1 aliphatic rings. The number of carbonyl (C=O) groups is 1. The molecule has 27 heavy (non-hydrogen) atoms. The number of nitro benzene ring substituents is 1. The number of hydrogen-bond donors (Lipinski definition) is 0. The van der Waals surface area contributed by atoms with Gasteiger partial charge in [0.1, 0.15) is 17.4 Å². The summed E-state index contributed by atoms with van der Waals surface area (Å²) in [6, 6.07) is 11.2. The largest absolute Gasteiger partial charge is 0.489 e. The molecule has 0 aliphatic carbocycles. The Morgan fingerprint density at radius 2 is 2.07 bits per heavy atom. The summed E-state index contributed by atoms with van der Waals surface area (Å²) in [5.41, 5.74) is 0.670. The quantitative estimate of drug-likeness (QED) is 0.245. The number of hydrogen-bond acceptors (Lipinski definition) is 6. The summed E-state index contributed by atoms with van der Waals surface area (Å²) in [5, 5.41) is 11.0. The highest BCUT2D eigenvalue weighted by Gasteiger charge is 2.26. The van der Waals surface area contributed by atoms with Crippen LogP contribution in [0.2, 0.25) is 5.02 Å². The van der Waals surface area contributed by atoms with Gasteiger partial charge in [0.25, 0.3) is 5.69 Å². The van der Waals surface area contributed by atoms with E-state index >= 15 is 0 Å². The lowest BCUT2D eigenvalue weighted by Gasteiger charge is -2.06. The number of esters is 1. The van der Waals surface area contributed by atoms with Crippen molar-refractivity contribution >= 4 is 35.2 Å². The molecular formula is C19H13ClN2O5. The van der Waals surface area contributed by atoms with Crippen LogP contribution < -0.4 is 4.74 Å². The van der Waals surface area contributed by atoms with Crippen molar-refractivity contribution in [2.24, 2.45) is 4.99 Å². The highest BCUT2D eigenvalue weighted by Crippen LogP contribution is 2.28. The minimum absolute atomic E-state index is 0.0160. The number of cyclic esters (lactones) is 1. The molecule has 0 bridgehead atoms. The standard InChI is InChI=1S/C19H13ClN2O5/c1-2-9-26-17-6-4-3-5-12(17)10-15-19(23)27-18(21-15)13-7-8-14(20)16(11-13)22(24)25/h2-8,10-11H,1,9H2/b15-10-. The molecule has 0 radical (unpaired) electrons. The number of benzene rings is 2. The van der Waals surface area contributed by atoms with Crippen LogP contribution in [0.15, 0.2) is 65.8 Å². The summed E-state index contributed by atoms with van der Waals surface area (Å²) in [7, 11) is 0. The smallest absolute Gasteiger partial charge is 0.363 e. The maximum Gasteiger partial charge on any atom is 0.363 e. The number of rotatable bonds is 6. The molecule has 1 aliphatic heterocycles. The maximum atomic E-state index is 12.2. The van der Waals surface area contributed by atoms with Gasteiger partial charge in [0, 0.05) is 17.2 Å². The van der Waals surface area contributed by atoms with E-state index in [0.717, 1.165) is 0 Å². The Morgan fingerprint density at radius 3 is 2.81 bits per heavy atom. The fraction of sp³-hybridized carbons (Fsp3) is 0.0526. The van der Waals surface area contributed by atoms with E-state index < -0.39 is 10.9 Å². The second-order valence-corrected chi connectivity index (χ2v) is 5.80. The van der Waals surface area contributed by atoms with Gasteiger partial charge in [0.05, 0.1) is 4.92 Å². The SMILES string of the molecule is C=CCOc1ccccc1/C=C1\N=C(c2ccc(Cl)c([N+](=O)[O-])c2)OC1=O. The van der Waals surface area contributed by atoms with E-state index in [2.05, 4.69) is 11.6 Å². The first-order valence-corrected chi connectivity index (χ1v) is 8.17. The topological polar surface area (TPSA) is 91.0 Å². The average molecular weight is 385 g/mol. The van der Waals surface area contributed by atoms with Gasteiger partial charge in [-0.05, 0) is 24.3 Å². The number of nitro groups is 1. The van der Waals surface area contributed by atoms with E-state index in [4.69, 9.17) is 21.1 Å². The van der Waals surface area contributed by atoms with Crippen LogP contribution >= 0.6 is 11.6 Å². The van der Waals surface area contributed by atoms with Crippen molar-refractivity contribution in [3.63, 3.8) is 0 Å². The molecule has 2 aromatic rings. The van der Waals surface area contributed by atoms with Gasteiger partial charge in [0.15, 0.2) is 5.70 Å². The average Bonchev–Trinajstić information content (AvgIpc) is 3.01.